The molecule has 134 valence electrons. The van der Waals surface area contributed by atoms with Gasteiger partial charge in [0, 0.05) is 19.7 Å². The lowest BCUT2D eigenvalue weighted by molar-refractivity contribution is -0.138. The molecule has 0 spiro atoms. The Labute approximate surface area is 146 Å². The van der Waals surface area contributed by atoms with Crippen molar-refractivity contribution in [3.05, 3.63) is 41.7 Å². The van der Waals surface area contributed by atoms with Crippen molar-refractivity contribution in [2.45, 2.75) is 25.8 Å². The summed E-state index contributed by atoms with van der Waals surface area (Å²) in [5.74, 6) is -1.31. The van der Waals surface area contributed by atoms with E-state index in [-0.39, 0.29) is 24.2 Å². The van der Waals surface area contributed by atoms with Crippen molar-refractivity contribution in [2.75, 3.05) is 20.1 Å². The fourth-order valence-electron chi connectivity index (χ4n) is 2.83. The number of amides is 3. The summed E-state index contributed by atoms with van der Waals surface area (Å²) in [5, 5.41) is 5.07. The Kier molecular flexibility index (Phi) is 6.27. The number of likely N-dealkylation sites (tertiary alicyclic amines) is 1. The van der Waals surface area contributed by atoms with Crippen LogP contribution in [0.15, 0.2) is 30.3 Å². The molecule has 7 heteroatoms. The third kappa shape index (κ3) is 4.89. The molecule has 1 aromatic rings. The summed E-state index contributed by atoms with van der Waals surface area (Å²) in [5.41, 5.74) is 1.19. The van der Waals surface area contributed by atoms with E-state index in [1.165, 1.54) is 30.2 Å². The van der Waals surface area contributed by atoms with Crippen molar-refractivity contribution in [2.24, 2.45) is 0 Å². The van der Waals surface area contributed by atoms with Crippen LogP contribution in [-0.2, 0) is 14.4 Å². The molecule has 0 bridgehead atoms. The van der Waals surface area contributed by atoms with Gasteiger partial charge < -0.3 is 15.5 Å². The van der Waals surface area contributed by atoms with Gasteiger partial charge in [0.25, 0.3) is 0 Å². The Bertz CT molecular complexity index is 703. The van der Waals surface area contributed by atoms with E-state index in [9.17, 15) is 18.8 Å². The smallest absolute Gasteiger partial charge is 0.244 e. The van der Waals surface area contributed by atoms with Crippen molar-refractivity contribution in [1.82, 2.24) is 15.5 Å². The van der Waals surface area contributed by atoms with E-state index in [1.807, 2.05) is 0 Å². The fraction of sp³-hybridized carbons (Fsp3) is 0.389. The molecule has 0 unspecified atom stereocenters. The second kappa shape index (κ2) is 8.41. The van der Waals surface area contributed by atoms with Crippen LogP contribution in [-0.4, -0.2) is 48.8 Å². The molecule has 1 heterocycles. The molecule has 1 saturated heterocycles. The predicted octanol–water partition coefficient (Wildman–Crippen LogP) is 1.08. The van der Waals surface area contributed by atoms with E-state index < -0.39 is 11.9 Å². The lowest BCUT2D eigenvalue weighted by Gasteiger charge is -2.23. The van der Waals surface area contributed by atoms with E-state index in [0.717, 1.165) is 6.42 Å². The summed E-state index contributed by atoms with van der Waals surface area (Å²) >= 11 is 0. The first kappa shape index (κ1) is 18.6. The largest absolute Gasteiger partial charge is 0.357 e. The van der Waals surface area contributed by atoms with Gasteiger partial charge in [0.2, 0.25) is 17.7 Å². The highest BCUT2D eigenvalue weighted by Gasteiger charge is 2.33. The van der Waals surface area contributed by atoms with Crippen LogP contribution in [0.1, 0.15) is 25.3 Å². The number of hydrogen-bond acceptors (Lipinski definition) is 3. The number of nitrogens with zero attached hydrogens (tertiary/aromatic N) is 1. The molecular weight excluding hydrogens is 325 g/mol. The molecule has 0 aromatic heterocycles. The molecule has 1 aliphatic heterocycles. The molecule has 1 atom stereocenters. The summed E-state index contributed by atoms with van der Waals surface area (Å²) in [7, 11) is 1.53. The van der Waals surface area contributed by atoms with Crippen LogP contribution in [0.25, 0.3) is 5.57 Å². The maximum absolute atomic E-state index is 13.2. The SMILES string of the molecule is CNC(=O)[C@@H]1CCCN1C(=O)CNC(=O)/C=C(\C)c1cccc(F)c1. The number of rotatable bonds is 5. The topological polar surface area (TPSA) is 78.5 Å². The van der Waals surface area contributed by atoms with Crippen LogP contribution in [0.3, 0.4) is 0 Å². The highest BCUT2D eigenvalue weighted by Crippen LogP contribution is 2.17. The van der Waals surface area contributed by atoms with Crippen LogP contribution in [0.2, 0.25) is 0 Å². The molecule has 1 fully saturated rings. The third-order valence-electron chi connectivity index (χ3n) is 4.16. The molecule has 0 aliphatic carbocycles. The van der Waals surface area contributed by atoms with E-state index in [2.05, 4.69) is 10.6 Å². The minimum Gasteiger partial charge on any atom is -0.357 e. The Balaban J connectivity index is 1.92. The van der Waals surface area contributed by atoms with Crippen molar-refractivity contribution < 1.29 is 18.8 Å². The number of benzene rings is 1. The second-order valence-corrected chi connectivity index (χ2v) is 5.91. The number of nitrogens with one attached hydrogen (secondary N) is 2. The average molecular weight is 347 g/mol. The highest BCUT2D eigenvalue weighted by molar-refractivity contribution is 5.97. The van der Waals surface area contributed by atoms with Gasteiger partial charge in [0.05, 0.1) is 6.54 Å². The van der Waals surface area contributed by atoms with Crippen molar-refractivity contribution in [1.29, 1.82) is 0 Å². The monoisotopic (exact) mass is 347 g/mol. The zero-order valence-electron chi connectivity index (χ0n) is 14.3. The van der Waals surface area contributed by atoms with Crippen LogP contribution in [0, 0.1) is 5.82 Å². The number of carbonyl (C=O) groups is 3. The molecule has 25 heavy (non-hydrogen) atoms. The van der Waals surface area contributed by atoms with Crippen molar-refractivity contribution in [3.8, 4) is 0 Å². The molecule has 2 N–H and O–H groups in total. The summed E-state index contributed by atoms with van der Waals surface area (Å²) in [6, 6.07) is 5.46. The van der Waals surface area contributed by atoms with Gasteiger partial charge in [-0.3, -0.25) is 14.4 Å². The van der Waals surface area contributed by atoms with Gasteiger partial charge in [-0.15, -0.1) is 0 Å². The first-order valence-corrected chi connectivity index (χ1v) is 8.15. The first-order chi connectivity index (χ1) is 11.9. The number of likely N-dealkylation sites (N-methyl/N-ethyl adjacent to an activating group) is 1. The quantitative estimate of drug-likeness (QED) is 0.783. The van der Waals surface area contributed by atoms with Gasteiger partial charge in [0.15, 0.2) is 0 Å². The molecular formula is C18H22FN3O3. The number of carbonyl (C=O) groups excluding carboxylic acids is 3. The Morgan fingerprint density at radius 1 is 1.36 bits per heavy atom. The van der Waals surface area contributed by atoms with Gasteiger partial charge in [-0.25, -0.2) is 4.39 Å². The second-order valence-electron chi connectivity index (χ2n) is 5.91. The first-order valence-electron chi connectivity index (χ1n) is 8.15. The minimum atomic E-state index is -0.473. The summed E-state index contributed by atoms with van der Waals surface area (Å²) < 4.78 is 13.2. The van der Waals surface area contributed by atoms with Crippen LogP contribution in [0.4, 0.5) is 4.39 Å². The normalized spacial score (nSPS) is 17.3. The minimum absolute atomic E-state index is 0.181. The molecule has 1 aromatic carbocycles. The van der Waals surface area contributed by atoms with E-state index in [1.54, 1.807) is 19.1 Å². The van der Waals surface area contributed by atoms with Gasteiger partial charge in [0.1, 0.15) is 11.9 Å². The van der Waals surface area contributed by atoms with Crippen LogP contribution in [0.5, 0.6) is 0 Å². The van der Waals surface area contributed by atoms with Gasteiger partial charge in [-0.05, 0) is 43.0 Å². The molecule has 2 rings (SSSR count). The van der Waals surface area contributed by atoms with Crippen molar-refractivity contribution >= 4 is 23.3 Å². The number of halogens is 1. The zero-order chi connectivity index (χ0) is 18.4. The maximum atomic E-state index is 13.2. The Morgan fingerprint density at radius 2 is 2.12 bits per heavy atom. The fourth-order valence-corrected chi connectivity index (χ4v) is 2.83. The molecule has 0 saturated carbocycles. The standard InChI is InChI=1S/C18H22FN3O3/c1-12(13-5-3-6-14(19)10-13)9-16(23)21-11-17(24)22-8-4-7-15(22)18(25)20-2/h3,5-6,9-10,15H,4,7-8,11H2,1-2H3,(H,20,25)(H,21,23)/b12-9+/t15-/m0/s1. The van der Waals surface area contributed by atoms with Gasteiger partial charge in [-0.1, -0.05) is 12.1 Å². The predicted molar refractivity (Wildman–Crippen MR) is 91.9 cm³/mol. The lowest BCUT2D eigenvalue weighted by atomic mass is 10.1. The molecule has 1 aliphatic rings. The number of allylic oxidation sites excluding steroid dienone is 1. The van der Waals surface area contributed by atoms with E-state index in [4.69, 9.17) is 0 Å². The Hall–Kier alpha value is -2.70. The van der Waals surface area contributed by atoms with Gasteiger partial charge in [-0.2, -0.15) is 0 Å². The maximum Gasteiger partial charge on any atom is 0.244 e. The zero-order valence-corrected chi connectivity index (χ0v) is 14.3. The summed E-state index contributed by atoms with van der Waals surface area (Å²) in [6.07, 6.45) is 2.70. The van der Waals surface area contributed by atoms with Gasteiger partial charge >= 0.3 is 0 Å². The van der Waals surface area contributed by atoms with E-state index in [0.29, 0.717) is 24.1 Å². The molecule has 0 radical (unpaired) electrons. The van der Waals surface area contributed by atoms with Crippen LogP contribution < -0.4 is 10.6 Å². The molecule has 6 nitrogen and oxygen atoms in total. The van der Waals surface area contributed by atoms with Crippen molar-refractivity contribution in [3.63, 3.8) is 0 Å². The molecule has 3 amide bonds. The third-order valence-corrected chi connectivity index (χ3v) is 4.16. The number of hydrogen-bond donors (Lipinski definition) is 2. The lowest BCUT2D eigenvalue weighted by Crippen LogP contribution is -2.48. The van der Waals surface area contributed by atoms with E-state index >= 15 is 0 Å². The highest BCUT2D eigenvalue weighted by atomic mass is 19.1. The van der Waals surface area contributed by atoms with Crippen LogP contribution >= 0.6 is 0 Å². The summed E-state index contributed by atoms with van der Waals surface area (Å²) in [6.45, 7) is 2.02. The average Bonchev–Trinajstić information content (AvgIpc) is 3.08. The Morgan fingerprint density at radius 3 is 2.80 bits per heavy atom. The summed E-state index contributed by atoms with van der Waals surface area (Å²) in [4.78, 5) is 37.5.